The summed E-state index contributed by atoms with van der Waals surface area (Å²) in [7, 11) is -4.00. The highest BCUT2D eigenvalue weighted by molar-refractivity contribution is 7.96. The van der Waals surface area contributed by atoms with Gasteiger partial charge in [0.05, 0.1) is 10.6 Å². The fraction of sp³-hybridized carbons (Fsp3) is 0.160. The molecule has 0 spiro atoms. The van der Waals surface area contributed by atoms with Crippen LogP contribution >= 0.6 is 0 Å². The number of ether oxygens (including phenoxy) is 2. The lowest BCUT2D eigenvalue weighted by atomic mass is 10.0. The Hall–Kier alpha value is -3.58. The number of Topliss-reactive ketones (excluding diaryl/α,β-unsaturated/α-hetero) is 1. The quantitative estimate of drug-likeness (QED) is 0.541. The van der Waals surface area contributed by atoms with Crippen LogP contribution in [0.2, 0.25) is 0 Å². The van der Waals surface area contributed by atoms with Crippen LogP contribution in [0.1, 0.15) is 21.5 Å². The van der Waals surface area contributed by atoms with E-state index in [1.54, 1.807) is 41.3 Å². The topological polar surface area (TPSA) is 72.9 Å². The van der Waals surface area contributed by atoms with Crippen molar-refractivity contribution < 1.29 is 22.7 Å². The molecule has 0 atom stereocenters. The molecule has 0 radical (unpaired) electrons. The molecule has 5 rings (SSSR count). The second-order valence-electron chi connectivity index (χ2n) is 7.81. The summed E-state index contributed by atoms with van der Waals surface area (Å²) in [5.74, 6) is 0.684. The van der Waals surface area contributed by atoms with Crippen molar-refractivity contribution in [2.45, 2.75) is 18.7 Å². The fourth-order valence-corrected chi connectivity index (χ4v) is 5.57. The number of hydrogen-bond donors (Lipinski definition) is 0. The first-order chi connectivity index (χ1) is 15.4. The lowest BCUT2D eigenvalue weighted by molar-refractivity contribution is 0.104. The second kappa shape index (κ2) is 7.53. The van der Waals surface area contributed by atoms with E-state index in [1.165, 1.54) is 12.3 Å². The van der Waals surface area contributed by atoms with E-state index in [4.69, 9.17) is 9.47 Å². The van der Waals surface area contributed by atoms with Crippen molar-refractivity contribution in [2.24, 2.45) is 0 Å². The van der Waals surface area contributed by atoms with Gasteiger partial charge in [-0.05, 0) is 43.7 Å². The largest absolute Gasteiger partial charge is 0.486 e. The maximum absolute atomic E-state index is 13.4. The number of allylic oxidation sites excluding steroid dienone is 1. The van der Waals surface area contributed by atoms with Crippen LogP contribution in [0.4, 0.5) is 11.4 Å². The van der Waals surface area contributed by atoms with Crippen LogP contribution in [0.5, 0.6) is 11.5 Å². The number of ketones is 1. The van der Waals surface area contributed by atoms with Crippen molar-refractivity contribution in [1.29, 1.82) is 0 Å². The third-order valence-corrected chi connectivity index (χ3v) is 7.40. The third-order valence-electron chi connectivity index (χ3n) is 5.60. The molecule has 3 aromatic carbocycles. The lowest BCUT2D eigenvalue weighted by Gasteiger charge is -2.30. The molecule has 0 bridgehead atoms. The molecular weight excluding hydrogens is 426 g/mol. The Bertz CT molecular complexity index is 1390. The van der Waals surface area contributed by atoms with E-state index in [0.717, 1.165) is 11.1 Å². The van der Waals surface area contributed by atoms with Gasteiger partial charge in [-0.1, -0.05) is 35.9 Å². The molecule has 0 amide bonds. The van der Waals surface area contributed by atoms with Gasteiger partial charge in [-0.3, -0.25) is 4.79 Å². The molecular formula is C25H21NO5S. The van der Waals surface area contributed by atoms with Gasteiger partial charge in [0, 0.05) is 23.5 Å². The summed E-state index contributed by atoms with van der Waals surface area (Å²) < 4.78 is 38.2. The average molecular weight is 448 g/mol. The molecule has 0 unspecified atom stereocenters. The van der Waals surface area contributed by atoms with Gasteiger partial charge in [-0.25, -0.2) is 8.42 Å². The summed E-state index contributed by atoms with van der Waals surface area (Å²) in [6.07, 6.45) is 1.41. The zero-order valence-electron chi connectivity index (χ0n) is 17.7. The van der Waals surface area contributed by atoms with E-state index in [-0.39, 0.29) is 9.80 Å². The minimum absolute atomic E-state index is 0.0884. The van der Waals surface area contributed by atoms with Crippen molar-refractivity contribution in [1.82, 2.24) is 0 Å². The molecule has 6 nitrogen and oxygen atoms in total. The number of aryl methyl sites for hydroxylation is 2. The summed E-state index contributed by atoms with van der Waals surface area (Å²) in [5, 5.41) is 0. The summed E-state index contributed by atoms with van der Waals surface area (Å²) in [5.41, 5.74) is 3.24. The van der Waals surface area contributed by atoms with E-state index < -0.39 is 15.6 Å². The van der Waals surface area contributed by atoms with Crippen molar-refractivity contribution in [3.8, 4) is 11.5 Å². The Balaban J connectivity index is 1.68. The number of sulfone groups is 1. The molecule has 0 saturated carbocycles. The van der Waals surface area contributed by atoms with Gasteiger partial charge in [0.1, 0.15) is 18.1 Å². The number of carbonyl (C=O) groups is 1. The number of hydrogen-bond acceptors (Lipinski definition) is 6. The number of benzene rings is 3. The second-order valence-corrected chi connectivity index (χ2v) is 9.70. The Labute approximate surface area is 186 Å². The Morgan fingerprint density at radius 3 is 2.44 bits per heavy atom. The van der Waals surface area contributed by atoms with E-state index in [9.17, 15) is 13.2 Å². The standard InChI is InChI=1S/C25H21NO5S/c1-16-7-9-19(17(2)13-16)25(27)24-15-26(20-5-3-4-6-23(20)32(24,28)29)18-8-10-21-22(14-18)31-12-11-30-21/h3-10,13-15H,11-12H2,1-2H3. The predicted molar refractivity (Wildman–Crippen MR) is 122 cm³/mol. The number of carbonyl (C=O) groups excluding carboxylic acids is 1. The van der Waals surface area contributed by atoms with Gasteiger partial charge < -0.3 is 14.4 Å². The first-order valence-electron chi connectivity index (χ1n) is 10.2. The van der Waals surface area contributed by atoms with Gasteiger partial charge >= 0.3 is 0 Å². The van der Waals surface area contributed by atoms with Gasteiger partial charge in [0.25, 0.3) is 0 Å². The third kappa shape index (κ3) is 3.26. The first kappa shape index (κ1) is 20.3. The monoisotopic (exact) mass is 447 g/mol. The van der Waals surface area contributed by atoms with E-state index in [0.29, 0.717) is 41.7 Å². The Morgan fingerprint density at radius 1 is 0.906 bits per heavy atom. The van der Waals surface area contributed by atoms with Crippen molar-refractivity contribution in [3.05, 3.63) is 88.5 Å². The minimum atomic E-state index is -4.00. The maximum Gasteiger partial charge on any atom is 0.214 e. The molecule has 0 saturated heterocycles. The Kier molecular flexibility index (Phi) is 4.78. The lowest BCUT2D eigenvalue weighted by Crippen LogP contribution is -2.26. The van der Waals surface area contributed by atoms with Crippen LogP contribution in [-0.2, 0) is 9.84 Å². The number of para-hydroxylation sites is 1. The van der Waals surface area contributed by atoms with Gasteiger partial charge in [-0.15, -0.1) is 0 Å². The van der Waals surface area contributed by atoms with Gasteiger partial charge in [-0.2, -0.15) is 0 Å². The average Bonchev–Trinajstić information content (AvgIpc) is 2.78. The van der Waals surface area contributed by atoms with Crippen LogP contribution in [0.15, 0.2) is 76.7 Å². The minimum Gasteiger partial charge on any atom is -0.486 e. The van der Waals surface area contributed by atoms with Crippen LogP contribution < -0.4 is 14.4 Å². The van der Waals surface area contributed by atoms with Gasteiger partial charge in [0.15, 0.2) is 11.5 Å². The molecule has 2 aliphatic heterocycles. The van der Waals surface area contributed by atoms with Crippen LogP contribution in [0.25, 0.3) is 0 Å². The molecule has 162 valence electrons. The number of fused-ring (bicyclic) bond motifs is 2. The van der Waals surface area contributed by atoms with Crippen LogP contribution in [0, 0.1) is 13.8 Å². The number of anilines is 2. The van der Waals surface area contributed by atoms with Crippen molar-refractivity contribution >= 4 is 27.0 Å². The number of nitrogens with zero attached hydrogens (tertiary/aromatic N) is 1. The molecule has 32 heavy (non-hydrogen) atoms. The molecule has 0 N–H and O–H groups in total. The maximum atomic E-state index is 13.4. The highest BCUT2D eigenvalue weighted by Crippen LogP contribution is 2.43. The van der Waals surface area contributed by atoms with E-state index in [1.807, 2.05) is 32.0 Å². The molecule has 0 aliphatic carbocycles. The normalized spacial score (nSPS) is 16.2. The first-order valence-corrected chi connectivity index (χ1v) is 11.7. The fourth-order valence-electron chi connectivity index (χ4n) is 4.04. The predicted octanol–water partition coefficient (Wildman–Crippen LogP) is 4.72. The zero-order valence-corrected chi connectivity index (χ0v) is 18.5. The SMILES string of the molecule is Cc1ccc(C(=O)C2=CN(c3ccc4c(c3)OCCO4)c3ccccc3S2(=O)=O)c(C)c1. The molecule has 2 heterocycles. The smallest absolute Gasteiger partial charge is 0.214 e. The van der Waals surface area contributed by atoms with Crippen molar-refractivity contribution in [2.75, 3.05) is 18.1 Å². The molecule has 3 aromatic rings. The van der Waals surface area contributed by atoms with E-state index >= 15 is 0 Å². The van der Waals surface area contributed by atoms with Crippen LogP contribution in [0.3, 0.4) is 0 Å². The highest BCUT2D eigenvalue weighted by Gasteiger charge is 2.36. The van der Waals surface area contributed by atoms with Crippen molar-refractivity contribution in [3.63, 3.8) is 0 Å². The molecule has 2 aliphatic rings. The summed E-state index contributed by atoms with van der Waals surface area (Å²) >= 11 is 0. The summed E-state index contributed by atoms with van der Waals surface area (Å²) in [4.78, 5) is 15.0. The highest BCUT2D eigenvalue weighted by atomic mass is 32.2. The molecule has 7 heteroatoms. The van der Waals surface area contributed by atoms with Gasteiger partial charge in [0.2, 0.25) is 15.6 Å². The summed E-state index contributed by atoms with van der Waals surface area (Å²) in [6, 6.07) is 17.4. The van der Waals surface area contributed by atoms with Crippen LogP contribution in [-0.4, -0.2) is 27.4 Å². The van der Waals surface area contributed by atoms with E-state index in [2.05, 4.69) is 0 Å². The zero-order chi connectivity index (χ0) is 22.5. The molecule has 0 fully saturated rings. The summed E-state index contributed by atoms with van der Waals surface area (Å²) in [6.45, 7) is 4.65. The molecule has 0 aromatic heterocycles. The Morgan fingerprint density at radius 2 is 1.66 bits per heavy atom. The number of rotatable bonds is 3.